The van der Waals surface area contributed by atoms with Crippen molar-refractivity contribution in [2.45, 2.75) is 6.92 Å². The van der Waals surface area contributed by atoms with Crippen LogP contribution in [0, 0.1) is 12.7 Å². The quantitative estimate of drug-likeness (QED) is 0.661. The number of carbonyl (C=O) groups is 1. The van der Waals surface area contributed by atoms with Crippen molar-refractivity contribution in [3.8, 4) is 11.4 Å². The highest BCUT2D eigenvalue weighted by Gasteiger charge is 2.12. The van der Waals surface area contributed by atoms with Gasteiger partial charge in [-0.3, -0.25) is 4.79 Å². The molecule has 0 atom stereocenters. The molecule has 0 spiro atoms. The van der Waals surface area contributed by atoms with E-state index in [0.717, 1.165) is 11.8 Å². The molecule has 0 unspecified atom stereocenters. The van der Waals surface area contributed by atoms with Gasteiger partial charge in [-0.1, -0.05) is 12.1 Å². The van der Waals surface area contributed by atoms with Crippen LogP contribution < -0.4 is 0 Å². The summed E-state index contributed by atoms with van der Waals surface area (Å²) in [7, 11) is 0. The summed E-state index contributed by atoms with van der Waals surface area (Å²) in [6.07, 6.45) is 2.32. The number of hydrogen-bond donors (Lipinski definition) is 0. The maximum absolute atomic E-state index is 13.7. The summed E-state index contributed by atoms with van der Waals surface area (Å²) in [5, 5.41) is 4.22. The van der Waals surface area contributed by atoms with Gasteiger partial charge in [-0.2, -0.15) is 0 Å². The van der Waals surface area contributed by atoms with E-state index in [1.54, 1.807) is 30.5 Å². The molecular weight excluding hydrogens is 245 g/mol. The Kier molecular flexibility index (Phi) is 2.59. The monoisotopic (exact) mass is 255 g/mol. The highest BCUT2D eigenvalue weighted by atomic mass is 19.1. The molecule has 2 aromatic heterocycles. The topological polar surface area (TPSA) is 47.3 Å². The summed E-state index contributed by atoms with van der Waals surface area (Å²) >= 11 is 0. The van der Waals surface area contributed by atoms with Gasteiger partial charge in [0.25, 0.3) is 0 Å². The number of aldehydes is 1. The third kappa shape index (κ3) is 1.89. The minimum atomic E-state index is -0.369. The first kappa shape index (κ1) is 11.5. The predicted octanol–water partition coefficient (Wildman–Crippen LogP) is 2.66. The van der Waals surface area contributed by atoms with Crippen LogP contribution in [0.5, 0.6) is 0 Å². The van der Waals surface area contributed by atoms with Crippen LogP contribution in [0.15, 0.2) is 36.5 Å². The number of rotatable bonds is 2. The second kappa shape index (κ2) is 4.28. The molecule has 0 bridgehead atoms. The number of aromatic nitrogens is 3. The molecule has 1 aromatic carbocycles. The molecule has 0 fully saturated rings. The number of benzene rings is 1. The molecule has 19 heavy (non-hydrogen) atoms. The molecule has 0 aliphatic carbocycles. The van der Waals surface area contributed by atoms with Crippen LogP contribution in [0.4, 0.5) is 4.39 Å². The third-order valence-electron chi connectivity index (χ3n) is 2.89. The second-order valence-corrected chi connectivity index (χ2v) is 4.26. The molecule has 2 heterocycles. The van der Waals surface area contributed by atoms with Crippen LogP contribution in [-0.4, -0.2) is 20.9 Å². The largest absolute Gasteiger partial charge is 0.298 e. The number of carbonyl (C=O) groups excluding carboxylic acids is 1. The zero-order valence-electron chi connectivity index (χ0n) is 10.2. The molecule has 0 saturated carbocycles. The third-order valence-corrected chi connectivity index (χ3v) is 2.89. The molecule has 94 valence electrons. The van der Waals surface area contributed by atoms with E-state index in [-0.39, 0.29) is 5.82 Å². The summed E-state index contributed by atoms with van der Waals surface area (Å²) in [5.41, 5.74) is 2.29. The average Bonchev–Trinajstić information content (AvgIpc) is 2.83. The molecule has 0 aliphatic rings. The van der Waals surface area contributed by atoms with Crippen molar-refractivity contribution < 1.29 is 9.18 Å². The number of pyridine rings is 1. The van der Waals surface area contributed by atoms with Crippen LogP contribution in [0.2, 0.25) is 0 Å². The van der Waals surface area contributed by atoms with E-state index < -0.39 is 0 Å². The van der Waals surface area contributed by atoms with Gasteiger partial charge in [-0.05, 0) is 30.7 Å². The zero-order chi connectivity index (χ0) is 13.4. The first-order valence-corrected chi connectivity index (χ1v) is 5.76. The van der Waals surface area contributed by atoms with Crippen molar-refractivity contribution in [1.82, 2.24) is 14.6 Å². The van der Waals surface area contributed by atoms with Gasteiger partial charge in [-0.25, -0.2) is 13.9 Å². The lowest BCUT2D eigenvalue weighted by Crippen LogP contribution is -1.93. The summed E-state index contributed by atoms with van der Waals surface area (Å²) in [6.45, 7) is 1.84. The predicted molar refractivity (Wildman–Crippen MR) is 68.5 cm³/mol. The number of hydrogen-bond acceptors (Lipinski definition) is 3. The number of fused-ring (bicyclic) bond motifs is 1. The molecule has 0 amide bonds. The smallest absolute Gasteiger partial charge is 0.185 e. The molecule has 3 rings (SSSR count). The highest BCUT2D eigenvalue weighted by Crippen LogP contribution is 2.21. The van der Waals surface area contributed by atoms with Gasteiger partial charge in [0.1, 0.15) is 5.82 Å². The first-order valence-electron chi connectivity index (χ1n) is 5.76. The van der Waals surface area contributed by atoms with Crippen LogP contribution in [0.1, 0.15) is 15.9 Å². The fraction of sp³-hybridized carbons (Fsp3) is 0.0714. The number of halogens is 1. The van der Waals surface area contributed by atoms with Crippen LogP contribution in [0.3, 0.4) is 0 Å². The van der Waals surface area contributed by atoms with Crippen molar-refractivity contribution in [1.29, 1.82) is 0 Å². The van der Waals surface area contributed by atoms with Crippen molar-refractivity contribution >= 4 is 11.9 Å². The van der Waals surface area contributed by atoms with E-state index >= 15 is 0 Å². The SMILES string of the molecule is Cc1cc(C=O)cn2nc(-c3ccccc3F)nc12. The van der Waals surface area contributed by atoms with Gasteiger partial charge in [0.15, 0.2) is 17.8 Å². The molecular formula is C14H10FN3O. The molecule has 0 N–H and O–H groups in total. The van der Waals surface area contributed by atoms with Crippen LogP contribution in [0.25, 0.3) is 17.0 Å². The Hall–Kier alpha value is -2.56. The normalized spacial score (nSPS) is 10.8. The van der Waals surface area contributed by atoms with Crippen molar-refractivity contribution in [3.63, 3.8) is 0 Å². The Morgan fingerprint density at radius 1 is 1.32 bits per heavy atom. The summed E-state index contributed by atoms with van der Waals surface area (Å²) in [4.78, 5) is 15.1. The Morgan fingerprint density at radius 2 is 2.11 bits per heavy atom. The fourth-order valence-electron chi connectivity index (χ4n) is 2.00. The van der Waals surface area contributed by atoms with Gasteiger partial charge in [0, 0.05) is 11.8 Å². The number of nitrogens with zero attached hydrogens (tertiary/aromatic N) is 3. The minimum Gasteiger partial charge on any atom is -0.298 e. The maximum Gasteiger partial charge on any atom is 0.185 e. The van der Waals surface area contributed by atoms with Gasteiger partial charge in [-0.15, -0.1) is 5.10 Å². The molecule has 4 nitrogen and oxygen atoms in total. The minimum absolute atomic E-state index is 0.309. The summed E-state index contributed by atoms with van der Waals surface area (Å²) < 4.78 is 15.2. The molecule has 0 saturated heterocycles. The summed E-state index contributed by atoms with van der Waals surface area (Å²) in [5.74, 6) is -0.0593. The van der Waals surface area contributed by atoms with Gasteiger partial charge in [0.05, 0.1) is 5.56 Å². The Morgan fingerprint density at radius 3 is 2.84 bits per heavy atom. The lowest BCUT2D eigenvalue weighted by Gasteiger charge is -1.96. The Labute approximate surface area is 108 Å². The van der Waals surface area contributed by atoms with Crippen molar-refractivity contribution in [3.05, 3.63) is 53.5 Å². The van der Waals surface area contributed by atoms with Crippen molar-refractivity contribution in [2.75, 3.05) is 0 Å². The standard InChI is InChI=1S/C14H10FN3O/c1-9-6-10(8-19)7-18-14(9)16-13(17-18)11-4-2-3-5-12(11)15/h2-8H,1H3. The number of aryl methyl sites for hydroxylation is 1. The van der Waals surface area contributed by atoms with Crippen LogP contribution >= 0.6 is 0 Å². The lowest BCUT2D eigenvalue weighted by molar-refractivity contribution is 0.112. The summed E-state index contributed by atoms with van der Waals surface area (Å²) in [6, 6.07) is 8.06. The van der Waals surface area contributed by atoms with Gasteiger partial charge < -0.3 is 0 Å². The molecule has 0 aliphatic heterocycles. The first-order chi connectivity index (χ1) is 9.19. The highest BCUT2D eigenvalue weighted by molar-refractivity contribution is 5.76. The Bertz CT molecular complexity index is 779. The fourth-order valence-corrected chi connectivity index (χ4v) is 2.00. The lowest BCUT2D eigenvalue weighted by atomic mass is 10.2. The molecule has 0 radical (unpaired) electrons. The van der Waals surface area contributed by atoms with Crippen LogP contribution in [-0.2, 0) is 0 Å². The van der Waals surface area contributed by atoms with Gasteiger partial charge in [0.2, 0.25) is 0 Å². The molecule has 5 heteroatoms. The van der Waals surface area contributed by atoms with E-state index in [9.17, 15) is 9.18 Å². The van der Waals surface area contributed by atoms with Gasteiger partial charge >= 0.3 is 0 Å². The zero-order valence-corrected chi connectivity index (χ0v) is 10.2. The van der Waals surface area contributed by atoms with E-state index in [2.05, 4.69) is 10.1 Å². The molecule has 3 aromatic rings. The van der Waals surface area contributed by atoms with Crippen molar-refractivity contribution in [2.24, 2.45) is 0 Å². The maximum atomic E-state index is 13.7. The Balaban J connectivity index is 2.25. The van der Waals surface area contributed by atoms with E-state index in [1.807, 2.05) is 6.92 Å². The van der Waals surface area contributed by atoms with E-state index in [4.69, 9.17) is 0 Å². The average molecular weight is 255 g/mol. The van der Waals surface area contributed by atoms with E-state index in [1.165, 1.54) is 10.6 Å². The second-order valence-electron chi connectivity index (χ2n) is 4.26. The van der Waals surface area contributed by atoms with E-state index in [0.29, 0.717) is 22.6 Å².